The van der Waals surface area contributed by atoms with Crippen molar-refractivity contribution >= 4 is 11.7 Å². The number of carboxylic acids is 1. The van der Waals surface area contributed by atoms with Gasteiger partial charge in [-0.2, -0.15) is 0 Å². The molecule has 0 amide bonds. The second-order valence-corrected chi connectivity index (χ2v) is 5.08. The lowest BCUT2D eigenvalue weighted by molar-refractivity contribution is 0.0697. The van der Waals surface area contributed by atoms with Crippen LogP contribution in [0.3, 0.4) is 0 Å². The van der Waals surface area contributed by atoms with Crippen LogP contribution in [0.1, 0.15) is 34.5 Å². The van der Waals surface area contributed by atoms with Crippen molar-refractivity contribution in [3.8, 4) is 0 Å². The lowest BCUT2D eigenvalue weighted by atomic mass is 10.0. The monoisotopic (exact) mass is 287 g/mol. The Morgan fingerprint density at radius 2 is 1.86 bits per heavy atom. The van der Waals surface area contributed by atoms with Gasteiger partial charge in [0.25, 0.3) is 0 Å². The molecule has 0 radical (unpaired) electrons. The van der Waals surface area contributed by atoms with Crippen LogP contribution in [-0.4, -0.2) is 18.1 Å². The fraction of sp³-hybridized carbons (Fsp3) is 0.235. The Kier molecular flexibility index (Phi) is 4.26. The van der Waals surface area contributed by atoms with Crippen LogP contribution in [0.5, 0.6) is 0 Å². The highest BCUT2D eigenvalue weighted by Crippen LogP contribution is 2.32. The number of halogens is 1. The third kappa shape index (κ3) is 2.89. The molecule has 0 aliphatic heterocycles. The van der Waals surface area contributed by atoms with E-state index < -0.39 is 5.97 Å². The fourth-order valence-electron chi connectivity index (χ4n) is 2.52. The van der Waals surface area contributed by atoms with E-state index in [1.165, 1.54) is 6.07 Å². The highest BCUT2D eigenvalue weighted by molar-refractivity contribution is 5.95. The zero-order chi connectivity index (χ0) is 15.6. The van der Waals surface area contributed by atoms with Gasteiger partial charge in [-0.3, -0.25) is 0 Å². The molecule has 4 heteroatoms. The second-order valence-electron chi connectivity index (χ2n) is 5.08. The quantitative estimate of drug-likeness (QED) is 0.923. The average molecular weight is 287 g/mol. The van der Waals surface area contributed by atoms with Gasteiger partial charge in [0, 0.05) is 12.6 Å². The molecule has 2 rings (SSSR count). The number of carbonyl (C=O) groups is 1. The maximum atomic E-state index is 13.9. The average Bonchev–Trinajstić information content (AvgIpc) is 2.46. The van der Waals surface area contributed by atoms with Gasteiger partial charge in [-0.25, -0.2) is 9.18 Å². The number of carboxylic acid groups (broad SMARTS) is 1. The molecule has 0 heterocycles. The zero-order valence-corrected chi connectivity index (χ0v) is 12.3. The maximum Gasteiger partial charge on any atom is 0.337 e. The minimum absolute atomic E-state index is 0.223. The van der Waals surface area contributed by atoms with Gasteiger partial charge in [0.15, 0.2) is 0 Å². The van der Waals surface area contributed by atoms with Gasteiger partial charge in [-0.15, -0.1) is 0 Å². The van der Waals surface area contributed by atoms with Crippen LogP contribution in [0.2, 0.25) is 0 Å². The van der Waals surface area contributed by atoms with Gasteiger partial charge in [0.1, 0.15) is 5.82 Å². The molecule has 1 N–H and O–H groups in total. The number of benzene rings is 2. The Morgan fingerprint density at radius 3 is 2.48 bits per heavy atom. The summed E-state index contributed by atoms with van der Waals surface area (Å²) in [5.74, 6) is -1.27. The normalized spacial score (nSPS) is 12.0. The largest absolute Gasteiger partial charge is 0.478 e. The summed E-state index contributed by atoms with van der Waals surface area (Å²) in [7, 11) is 1.78. The maximum absolute atomic E-state index is 13.9. The number of hydrogen-bond acceptors (Lipinski definition) is 2. The topological polar surface area (TPSA) is 40.5 Å². The Bertz CT molecular complexity index is 670. The predicted molar refractivity (Wildman–Crippen MR) is 81.4 cm³/mol. The van der Waals surface area contributed by atoms with Crippen LogP contribution < -0.4 is 4.90 Å². The summed E-state index contributed by atoms with van der Waals surface area (Å²) >= 11 is 0. The van der Waals surface area contributed by atoms with Gasteiger partial charge < -0.3 is 10.0 Å². The van der Waals surface area contributed by atoms with Crippen LogP contribution in [0.25, 0.3) is 0 Å². The van der Waals surface area contributed by atoms with Gasteiger partial charge in [-0.1, -0.05) is 30.3 Å². The molecule has 21 heavy (non-hydrogen) atoms. The van der Waals surface area contributed by atoms with Crippen molar-refractivity contribution in [1.29, 1.82) is 0 Å². The minimum Gasteiger partial charge on any atom is -0.478 e. The van der Waals surface area contributed by atoms with Crippen molar-refractivity contribution in [2.45, 2.75) is 19.9 Å². The number of para-hydroxylation sites is 1. The summed E-state index contributed by atoms with van der Waals surface area (Å²) in [5, 5.41) is 9.35. The molecule has 0 aliphatic rings. The lowest BCUT2D eigenvalue weighted by Crippen LogP contribution is -2.25. The minimum atomic E-state index is -0.985. The molecular weight excluding hydrogens is 269 g/mol. The first-order chi connectivity index (χ1) is 9.93. The smallest absolute Gasteiger partial charge is 0.337 e. The van der Waals surface area contributed by atoms with Gasteiger partial charge in [0.05, 0.1) is 17.3 Å². The van der Waals surface area contributed by atoms with Crippen molar-refractivity contribution < 1.29 is 14.3 Å². The molecule has 3 nitrogen and oxygen atoms in total. The van der Waals surface area contributed by atoms with Crippen LogP contribution in [0.4, 0.5) is 10.1 Å². The first-order valence-electron chi connectivity index (χ1n) is 6.73. The molecule has 0 bridgehead atoms. The predicted octanol–water partition coefficient (Wildman–Crippen LogP) is 4.03. The van der Waals surface area contributed by atoms with Crippen molar-refractivity contribution in [2.24, 2.45) is 0 Å². The zero-order valence-electron chi connectivity index (χ0n) is 12.3. The van der Waals surface area contributed by atoms with E-state index in [0.29, 0.717) is 11.3 Å². The standard InChI is InChI=1S/C17H18FNO2/c1-11-7-6-9-14(17(20)21)16(11)19(3)12(2)13-8-4-5-10-15(13)18/h4-10,12H,1-3H3,(H,20,21). The molecule has 1 atom stereocenters. The van der Waals surface area contributed by atoms with Crippen molar-refractivity contribution in [3.63, 3.8) is 0 Å². The molecule has 0 saturated heterocycles. The molecule has 0 spiro atoms. The van der Waals surface area contributed by atoms with E-state index in [-0.39, 0.29) is 17.4 Å². The summed E-state index contributed by atoms with van der Waals surface area (Å²) < 4.78 is 13.9. The molecule has 1 unspecified atom stereocenters. The Hall–Kier alpha value is -2.36. The second kappa shape index (κ2) is 5.95. The summed E-state index contributed by atoms with van der Waals surface area (Å²) in [6.45, 7) is 3.71. The number of nitrogens with zero attached hydrogens (tertiary/aromatic N) is 1. The molecule has 0 fully saturated rings. The van der Waals surface area contributed by atoms with Gasteiger partial charge >= 0.3 is 5.97 Å². The van der Waals surface area contributed by atoms with E-state index in [9.17, 15) is 14.3 Å². The molecule has 0 aromatic heterocycles. The number of aryl methyl sites for hydroxylation is 1. The molecule has 0 saturated carbocycles. The number of rotatable bonds is 4. The summed E-state index contributed by atoms with van der Waals surface area (Å²) in [5.41, 5.74) is 2.22. The lowest BCUT2D eigenvalue weighted by Gasteiger charge is -2.30. The van der Waals surface area contributed by atoms with E-state index in [1.54, 1.807) is 42.3 Å². The summed E-state index contributed by atoms with van der Waals surface area (Å²) in [6.07, 6.45) is 0. The molecule has 0 aliphatic carbocycles. The SMILES string of the molecule is Cc1cccc(C(=O)O)c1N(C)C(C)c1ccccc1F. The van der Waals surface area contributed by atoms with Gasteiger partial charge in [0.2, 0.25) is 0 Å². The number of aromatic carboxylic acids is 1. The first-order valence-corrected chi connectivity index (χ1v) is 6.73. The fourth-order valence-corrected chi connectivity index (χ4v) is 2.52. The van der Waals surface area contributed by atoms with E-state index >= 15 is 0 Å². The van der Waals surface area contributed by atoms with E-state index in [0.717, 1.165) is 5.56 Å². The third-order valence-corrected chi connectivity index (χ3v) is 3.76. The van der Waals surface area contributed by atoms with Crippen LogP contribution in [0.15, 0.2) is 42.5 Å². The third-order valence-electron chi connectivity index (χ3n) is 3.76. The van der Waals surface area contributed by atoms with E-state index in [2.05, 4.69) is 0 Å². The number of anilines is 1. The van der Waals surface area contributed by atoms with E-state index in [1.807, 2.05) is 19.9 Å². The molecule has 2 aromatic carbocycles. The highest BCUT2D eigenvalue weighted by atomic mass is 19.1. The first kappa shape index (κ1) is 15.0. The Balaban J connectivity index is 2.48. The van der Waals surface area contributed by atoms with Crippen LogP contribution >= 0.6 is 0 Å². The highest BCUT2D eigenvalue weighted by Gasteiger charge is 2.21. The van der Waals surface area contributed by atoms with Gasteiger partial charge in [-0.05, 0) is 31.5 Å². The molecule has 2 aromatic rings. The molecular formula is C17H18FNO2. The Labute approximate surface area is 123 Å². The van der Waals surface area contributed by atoms with Crippen LogP contribution in [-0.2, 0) is 0 Å². The van der Waals surface area contributed by atoms with Crippen molar-refractivity contribution in [3.05, 3.63) is 65.0 Å². The van der Waals surface area contributed by atoms with Crippen LogP contribution in [0, 0.1) is 12.7 Å². The molecule has 110 valence electrons. The van der Waals surface area contributed by atoms with E-state index in [4.69, 9.17) is 0 Å². The number of hydrogen-bond donors (Lipinski definition) is 1. The summed E-state index contributed by atoms with van der Waals surface area (Å²) in [4.78, 5) is 13.2. The van der Waals surface area contributed by atoms with Crippen molar-refractivity contribution in [2.75, 3.05) is 11.9 Å². The summed E-state index contributed by atoms with van der Waals surface area (Å²) in [6, 6.07) is 11.4. The van der Waals surface area contributed by atoms with Crippen molar-refractivity contribution in [1.82, 2.24) is 0 Å². The Morgan fingerprint density at radius 1 is 1.19 bits per heavy atom.